The van der Waals surface area contributed by atoms with Crippen molar-refractivity contribution >= 4 is 0 Å². The summed E-state index contributed by atoms with van der Waals surface area (Å²) in [4.78, 5) is 2.61. The summed E-state index contributed by atoms with van der Waals surface area (Å²) in [5.74, 6) is 0.832. The van der Waals surface area contributed by atoms with Gasteiger partial charge in [-0.25, -0.2) is 0 Å². The summed E-state index contributed by atoms with van der Waals surface area (Å²) in [6, 6.07) is 2.05. The Labute approximate surface area is 90.9 Å². The van der Waals surface area contributed by atoms with E-state index in [0.717, 1.165) is 12.0 Å². The Balaban J connectivity index is 4.09. The van der Waals surface area contributed by atoms with Gasteiger partial charge in [0.05, 0.1) is 0 Å². The number of nitrogens with zero attached hydrogens (tertiary/aromatic N) is 1. The fourth-order valence-electron chi connectivity index (χ4n) is 2.34. The first-order valence-electron chi connectivity index (χ1n) is 6.13. The van der Waals surface area contributed by atoms with Crippen molar-refractivity contribution in [3.8, 4) is 0 Å². The Bertz CT molecular complexity index is 130. The molecule has 0 radical (unpaired) electrons. The van der Waals surface area contributed by atoms with E-state index in [4.69, 9.17) is 0 Å². The zero-order valence-corrected chi connectivity index (χ0v) is 11.2. The molecule has 0 aromatic carbocycles. The van der Waals surface area contributed by atoms with Crippen molar-refractivity contribution in [1.82, 2.24) is 4.90 Å². The highest BCUT2D eigenvalue weighted by atomic mass is 15.2. The van der Waals surface area contributed by atoms with Gasteiger partial charge in [0.15, 0.2) is 0 Å². The van der Waals surface area contributed by atoms with Gasteiger partial charge >= 0.3 is 0 Å². The normalized spacial score (nSPS) is 14.8. The van der Waals surface area contributed by atoms with E-state index >= 15 is 0 Å². The third-order valence-corrected chi connectivity index (χ3v) is 2.86. The molecule has 0 aliphatic carbocycles. The highest BCUT2D eigenvalue weighted by Gasteiger charge is 2.19. The molecule has 0 aliphatic rings. The van der Waals surface area contributed by atoms with E-state index in [1.807, 2.05) is 0 Å². The molecule has 0 bridgehead atoms. The zero-order chi connectivity index (χ0) is 11.3. The lowest BCUT2D eigenvalue weighted by Crippen LogP contribution is -2.43. The van der Waals surface area contributed by atoms with Crippen molar-refractivity contribution in [2.24, 2.45) is 5.92 Å². The standard InChI is InChI=1S/C13H29N/c1-10(2)8-9-13(7)14(11(3)4)12(5)6/h10-13H,8-9H2,1-7H3. The first-order valence-corrected chi connectivity index (χ1v) is 6.13. The molecular formula is C13H29N. The van der Waals surface area contributed by atoms with Crippen LogP contribution < -0.4 is 0 Å². The van der Waals surface area contributed by atoms with Gasteiger partial charge in [-0.15, -0.1) is 0 Å². The summed E-state index contributed by atoms with van der Waals surface area (Å²) in [6.45, 7) is 16.2. The topological polar surface area (TPSA) is 3.24 Å². The molecule has 0 heterocycles. The number of hydrogen-bond acceptors (Lipinski definition) is 1. The van der Waals surface area contributed by atoms with Gasteiger partial charge in [0.25, 0.3) is 0 Å². The second kappa shape index (κ2) is 6.44. The average molecular weight is 199 g/mol. The third kappa shape index (κ3) is 4.99. The predicted octanol–water partition coefficient (Wildman–Crippen LogP) is 3.93. The fraction of sp³-hybridized carbons (Fsp3) is 1.00. The first kappa shape index (κ1) is 14.0. The lowest BCUT2D eigenvalue weighted by atomic mass is 10.0. The van der Waals surface area contributed by atoms with Crippen LogP contribution >= 0.6 is 0 Å². The van der Waals surface area contributed by atoms with Gasteiger partial charge in [-0.1, -0.05) is 13.8 Å². The maximum absolute atomic E-state index is 2.61. The van der Waals surface area contributed by atoms with Crippen LogP contribution in [0.5, 0.6) is 0 Å². The van der Waals surface area contributed by atoms with Crippen LogP contribution in [0.3, 0.4) is 0 Å². The van der Waals surface area contributed by atoms with Crippen LogP contribution in [0.2, 0.25) is 0 Å². The van der Waals surface area contributed by atoms with Crippen LogP contribution in [0.15, 0.2) is 0 Å². The smallest absolute Gasteiger partial charge is 0.00724 e. The van der Waals surface area contributed by atoms with E-state index in [9.17, 15) is 0 Å². The van der Waals surface area contributed by atoms with E-state index < -0.39 is 0 Å². The molecule has 0 aromatic heterocycles. The van der Waals surface area contributed by atoms with Crippen LogP contribution in [0.25, 0.3) is 0 Å². The summed E-state index contributed by atoms with van der Waals surface area (Å²) in [5, 5.41) is 0. The average Bonchev–Trinajstić information content (AvgIpc) is 1.99. The van der Waals surface area contributed by atoms with Crippen molar-refractivity contribution in [3.63, 3.8) is 0 Å². The van der Waals surface area contributed by atoms with Crippen LogP contribution in [-0.4, -0.2) is 23.0 Å². The molecule has 14 heavy (non-hydrogen) atoms. The minimum atomic E-state index is 0.664. The summed E-state index contributed by atoms with van der Waals surface area (Å²) in [7, 11) is 0. The molecule has 1 heteroatoms. The lowest BCUT2D eigenvalue weighted by molar-refractivity contribution is 0.113. The third-order valence-electron chi connectivity index (χ3n) is 2.86. The molecule has 0 saturated heterocycles. The SMILES string of the molecule is CC(C)CCC(C)N(C(C)C)C(C)C. The molecule has 1 nitrogen and oxygen atoms in total. The van der Waals surface area contributed by atoms with Gasteiger partial charge in [0, 0.05) is 18.1 Å². The second-order valence-corrected chi connectivity index (χ2v) is 5.45. The molecule has 0 aromatic rings. The lowest BCUT2D eigenvalue weighted by Gasteiger charge is -2.36. The Morgan fingerprint density at radius 1 is 0.714 bits per heavy atom. The van der Waals surface area contributed by atoms with Gasteiger partial charge in [0.1, 0.15) is 0 Å². The summed E-state index contributed by atoms with van der Waals surface area (Å²) in [6.07, 6.45) is 2.67. The zero-order valence-electron chi connectivity index (χ0n) is 11.2. The number of hydrogen-bond donors (Lipinski definition) is 0. The van der Waals surface area contributed by atoms with Gasteiger partial charge in [-0.2, -0.15) is 0 Å². The van der Waals surface area contributed by atoms with Crippen molar-refractivity contribution < 1.29 is 0 Å². The van der Waals surface area contributed by atoms with E-state index in [1.165, 1.54) is 12.8 Å². The molecule has 0 saturated carbocycles. The molecule has 1 atom stereocenters. The highest BCUT2D eigenvalue weighted by Crippen LogP contribution is 2.16. The van der Waals surface area contributed by atoms with Crippen molar-refractivity contribution in [2.75, 3.05) is 0 Å². The van der Waals surface area contributed by atoms with E-state index in [1.54, 1.807) is 0 Å². The van der Waals surface area contributed by atoms with Crippen LogP contribution in [-0.2, 0) is 0 Å². The minimum absolute atomic E-state index is 0.664. The monoisotopic (exact) mass is 199 g/mol. The van der Waals surface area contributed by atoms with Crippen molar-refractivity contribution in [1.29, 1.82) is 0 Å². The largest absolute Gasteiger partial charge is 0.296 e. The van der Waals surface area contributed by atoms with E-state index in [0.29, 0.717) is 12.1 Å². The van der Waals surface area contributed by atoms with Crippen molar-refractivity contribution in [3.05, 3.63) is 0 Å². The molecule has 0 spiro atoms. The number of rotatable bonds is 6. The maximum Gasteiger partial charge on any atom is 0.00724 e. The van der Waals surface area contributed by atoms with E-state index in [2.05, 4.69) is 53.4 Å². The molecule has 1 unspecified atom stereocenters. The minimum Gasteiger partial charge on any atom is -0.296 e. The predicted molar refractivity (Wildman–Crippen MR) is 65.6 cm³/mol. The molecule has 86 valence electrons. The Morgan fingerprint density at radius 2 is 1.14 bits per heavy atom. The van der Waals surface area contributed by atoms with Crippen molar-refractivity contribution in [2.45, 2.75) is 79.4 Å². The van der Waals surface area contributed by atoms with Crippen LogP contribution in [0.4, 0.5) is 0 Å². The van der Waals surface area contributed by atoms with E-state index in [-0.39, 0.29) is 0 Å². The van der Waals surface area contributed by atoms with Gasteiger partial charge in [-0.05, 0) is 53.4 Å². The quantitative estimate of drug-likeness (QED) is 0.626. The highest BCUT2D eigenvalue weighted by molar-refractivity contribution is 4.74. The first-order chi connectivity index (χ1) is 6.36. The fourth-order valence-corrected chi connectivity index (χ4v) is 2.34. The molecule has 0 fully saturated rings. The summed E-state index contributed by atoms with van der Waals surface area (Å²) < 4.78 is 0. The molecule has 0 rings (SSSR count). The molecular weight excluding hydrogens is 170 g/mol. The molecule has 0 aliphatic heterocycles. The second-order valence-electron chi connectivity index (χ2n) is 5.45. The van der Waals surface area contributed by atoms with Gasteiger partial charge in [-0.3, -0.25) is 4.90 Å². The summed E-state index contributed by atoms with van der Waals surface area (Å²) in [5.41, 5.74) is 0. The Hall–Kier alpha value is -0.0400. The molecule has 0 amide bonds. The van der Waals surface area contributed by atoms with Crippen LogP contribution in [0, 0.1) is 5.92 Å². The van der Waals surface area contributed by atoms with Gasteiger partial charge < -0.3 is 0 Å². The Morgan fingerprint density at radius 3 is 1.43 bits per heavy atom. The maximum atomic E-state index is 2.61. The van der Waals surface area contributed by atoms with Gasteiger partial charge in [0.2, 0.25) is 0 Å². The van der Waals surface area contributed by atoms with Crippen LogP contribution in [0.1, 0.15) is 61.3 Å². The molecule has 0 N–H and O–H groups in total. The Kier molecular flexibility index (Phi) is 6.43. The summed E-state index contributed by atoms with van der Waals surface area (Å²) >= 11 is 0.